The van der Waals surface area contributed by atoms with Crippen molar-refractivity contribution in [1.82, 2.24) is 25.4 Å². The van der Waals surface area contributed by atoms with Crippen LogP contribution >= 0.6 is 11.3 Å². The Morgan fingerprint density at radius 3 is 2.90 bits per heavy atom. The van der Waals surface area contributed by atoms with E-state index in [1.807, 2.05) is 12.1 Å². The Morgan fingerprint density at radius 1 is 1.30 bits per heavy atom. The second-order valence-corrected chi connectivity index (χ2v) is 8.56. The number of aryl methyl sites for hydroxylation is 1. The van der Waals surface area contributed by atoms with Crippen LogP contribution in [0.1, 0.15) is 33.8 Å². The van der Waals surface area contributed by atoms with Crippen LogP contribution in [0.15, 0.2) is 42.0 Å². The second-order valence-electron chi connectivity index (χ2n) is 7.56. The normalized spacial score (nSPS) is 16.4. The number of nitrogens with one attached hydrogen (secondary N) is 2. The van der Waals surface area contributed by atoms with Crippen LogP contribution in [0.4, 0.5) is 0 Å². The van der Waals surface area contributed by atoms with Crippen molar-refractivity contribution in [3.05, 3.63) is 58.2 Å². The standard InChI is InChI=1S/C22H25N5O2S/c1-15-7-12-30-20(15)6-10-24-21(28)17-3-2-11-27(14-17)22(29)19-13-18(25-26-19)16-4-8-23-9-5-16/h4-5,7-9,12-13,17H,2-3,6,10-11,14H2,1H3,(H,24,28)(H,25,26). The molecule has 1 atom stereocenters. The Balaban J connectivity index is 1.33. The number of pyridine rings is 1. The average Bonchev–Trinajstić information content (AvgIpc) is 3.43. The van der Waals surface area contributed by atoms with E-state index in [1.54, 1.807) is 34.7 Å². The highest BCUT2D eigenvalue weighted by molar-refractivity contribution is 7.10. The van der Waals surface area contributed by atoms with Crippen LogP contribution in [-0.4, -0.2) is 51.5 Å². The molecule has 1 aliphatic heterocycles. The van der Waals surface area contributed by atoms with Gasteiger partial charge < -0.3 is 10.2 Å². The van der Waals surface area contributed by atoms with E-state index in [1.165, 1.54) is 10.4 Å². The van der Waals surface area contributed by atoms with Crippen molar-refractivity contribution in [2.24, 2.45) is 5.92 Å². The first-order chi connectivity index (χ1) is 14.6. The minimum absolute atomic E-state index is 0.0313. The zero-order chi connectivity index (χ0) is 20.9. The summed E-state index contributed by atoms with van der Waals surface area (Å²) in [4.78, 5) is 32.6. The highest BCUT2D eigenvalue weighted by Gasteiger charge is 2.29. The van der Waals surface area contributed by atoms with E-state index >= 15 is 0 Å². The smallest absolute Gasteiger partial charge is 0.271 e. The summed E-state index contributed by atoms with van der Waals surface area (Å²) in [5.74, 6) is -0.256. The number of hydrogen-bond acceptors (Lipinski definition) is 5. The number of aromatic amines is 1. The van der Waals surface area contributed by atoms with Crippen molar-refractivity contribution in [3.8, 4) is 11.3 Å². The van der Waals surface area contributed by atoms with E-state index in [2.05, 4.69) is 38.9 Å². The van der Waals surface area contributed by atoms with Gasteiger partial charge in [0.05, 0.1) is 11.6 Å². The molecular formula is C22H25N5O2S. The van der Waals surface area contributed by atoms with Crippen LogP contribution in [0, 0.1) is 12.8 Å². The van der Waals surface area contributed by atoms with Crippen LogP contribution in [0.2, 0.25) is 0 Å². The lowest BCUT2D eigenvalue weighted by Gasteiger charge is -2.31. The topological polar surface area (TPSA) is 91.0 Å². The summed E-state index contributed by atoms with van der Waals surface area (Å²) >= 11 is 1.72. The molecule has 0 spiro atoms. The lowest BCUT2D eigenvalue weighted by atomic mass is 9.96. The molecule has 0 radical (unpaired) electrons. The van der Waals surface area contributed by atoms with Gasteiger partial charge in [-0.25, -0.2) is 0 Å². The Kier molecular flexibility index (Phi) is 6.23. The number of rotatable bonds is 6. The van der Waals surface area contributed by atoms with Crippen LogP contribution in [0.3, 0.4) is 0 Å². The first kappa shape index (κ1) is 20.3. The summed E-state index contributed by atoms with van der Waals surface area (Å²) in [6, 6.07) is 7.56. The molecule has 30 heavy (non-hydrogen) atoms. The highest BCUT2D eigenvalue weighted by atomic mass is 32.1. The minimum Gasteiger partial charge on any atom is -0.355 e. The predicted octanol–water partition coefficient (Wildman–Crippen LogP) is 3.05. The molecule has 3 aromatic rings. The number of carbonyl (C=O) groups is 2. The molecule has 0 aliphatic carbocycles. The molecule has 4 rings (SSSR count). The molecule has 0 bridgehead atoms. The first-order valence-corrected chi connectivity index (χ1v) is 11.1. The van der Waals surface area contributed by atoms with Crippen molar-refractivity contribution in [2.45, 2.75) is 26.2 Å². The Morgan fingerprint density at radius 2 is 2.13 bits per heavy atom. The zero-order valence-corrected chi connectivity index (χ0v) is 17.7. The number of amides is 2. The van der Waals surface area contributed by atoms with E-state index < -0.39 is 0 Å². The van der Waals surface area contributed by atoms with E-state index in [9.17, 15) is 9.59 Å². The molecule has 1 fully saturated rings. The number of thiophene rings is 1. The Hall–Kier alpha value is -3.00. The molecule has 1 unspecified atom stereocenters. The summed E-state index contributed by atoms with van der Waals surface area (Å²) < 4.78 is 0. The van der Waals surface area contributed by atoms with Gasteiger partial charge in [-0.1, -0.05) is 0 Å². The summed E-state index contributed by atoms with van der Waals surface area (Å²) in [7, 11) is 0. The van der Waals surface area contributed by atoms with Gasteiger partial charge in [0.2, 0.25) is 5.91 Å². The SMILES string of the molecule is Cc1ccsc1CCNC(=O)C1CCCN(C(=O)c2cc(-c3ccncc3)n[nH]2)C1. The molecule has 2 N–H and O–H groups in total. The third-order valence-corrected chi connectivity index (χ3v) is 6.57. The summed E-state index contributed by atoms with van der Waals surface area (Å²) in [5.41, 5.74) is 3.32. The van der Waals surface area contributed by atoms with E-state index in [-0.39, 0.29) is 17.7 Å². The summed E-state index contributed by atoms with van der Waals surface area (Å²) in [6.45, 7) is 3.81. The van der Waals surface area contributed by atoms with Crippen LogP contribution in [0.25, 0.3) is 11.3 Å². The number of hydrogen-bond donors (Lipinski definition) is 2. The fraction of sp³-hybridized carbons (Fsp3) is 0.364. The monoisotopic (exact) mass is 423 g/mol. The van der Waals surface area contributed by atoms with Crippen molar-refractivity contribution >= 4 is 23.2 Å². The Bertz CT molecular complexity index is 1010. The number of nitrogens with zero attached hydrogens (tertiary/aromatic N) is 3. The largest absolute Gasteiger partial charge is 0.355 e. The maximum atomic E-state index is 12.9. The predicted molar refractivity (Wildman–Crippen MR) is 116 cm³/mol. The fourth-order valence-corrected chi connectivity index (χ4v) is 4.66. The molecule has 2 amide bonds. The van der Waals surface area contributed by atoms with Crippen molar-refractivity contribution in [1.29, 1.82) is 0 Å². The Labute approximate surface area is 179 Å². The number of carbonyl (C=O) groups excluding carboxylic acids is 2. The summed E-state index contributed by atoms with van der Waals surface area (Å²) in [5, 5.41) is 12.2. The van der Waals surface area contributed by atoms with Gasteiger partial charge in [-0.15, -0.1) is 11.3 Å². The third-order valence-electron chi connectivity index (χ3n) is 5.48. The molecule has 1 aliphatic rings. The molecule has 4 heterocycles. The minimum atomic E-state index is -0.172. The van der Waals surface area contributed by atoms with Crippen LogP contribution < -0.4 is 5.32 Å². The van der Waals surface area contributed by atoms with Gasteiger partial charge in [0.15, 0.2) is 0 Å². The van der Waals surface area contributed by atoms with Crippen LogP contribution in [0.5, 0.6) is 0 Å². The third kappa shape index (κ3) is 4.59. The van der Waals surface area contributed by atoms with Crippen molar-refractivity contribution < 1.29 is 9.59 Å². The van der Waals surface area contributed by atoms with Gasteiger partial charge in [0, 0.05) is 42.5 Å². The van der Waals surface area contributed by atoms with Crippen LogP contribution in [-0.2, 0) is 11.2 Å². The van der Waals surface area contributed by atoms with Crippen molar-refractivity contribution in [2.75, 3.05) is 19.6 Å². The summed E-state index contributed by atoms with van der Waals surface area (Å²) in [6.07, 6.45) is 5.85. The molecule has 156 valence electrons. The molecule has 3 aromatic heterocycles. The fourth-order valence-electron chi connectivity index (χ4n) is 3.75. The van der Waals surface area contributed by atoms with Gasteiger partial charge in [-0.05, 0) is 61.4 Å². The highest BCUT2D eigenvalue weighted by Crippen LogP contribution is 2.21. The maximum absolute atomic E-state index is 12.9. The molecule has 0 saturated carbocycles. The second kappa shape index (κ2) is 9.21. The number of aromatic nitrogens is 3. The first-order valence-electron chi connectivity index (χ1n) is 10.2. The maximum Gasteiger partial charge on any atom is 0.271 e. The molecule has 1 saturated heterocycles. The zero-order valence-electron chi connectivity index (χ0n) is 16.9. The lowest BCUT2D eigenvalue weighted by Crippen LogP contribution is -2.45. The van der Waals surface area contributed by atoms with Gasteiger partial charge in [0.1, 0.15) is 5.69 Å². The molecule has 7 nitrogen and oxygen atoms in total. The molecular weight excluding hydrogens is 398 g/mol. The van der Waals surface area contributed by atoms with Crippen molar-refractivity contribution in [3.63, 3.8) is 0 Å². The number of piperidine rings is 1. The quantitative estimate of drug-likeness (QED) is 0.638. The number of likely N-dealkylation sites (tertiary alicyclic amines) is 1. The molecule has 0 aromatic carbocycles. The van der Waals surface area contributed by atoms with E-state index in [0.717, 1.165) is 24.8 Å². The lowest BCUT2D eigenvalue weighted by molar-refractivity contribution is -0.126. The van der Waals surface area contributed by atoms with E-state index in [4.69, 9.17) is 0 Å². The van der Waals surface area contributed by atoms with Gasteiger partial charge in [-0.2, -0.15) is 5.10 Å². The van der Waals surface area contributed by atoms with Gasteiger partial charge >= 0.3 is 0 Å². The van der Waals surface area contributed by atoms with E-state index in [0.29, 0.717) is 31.0 Å². The molecule has 8 heteroatoms. The number of H-pyrrole nitrogens is 1. The van der Waals surface area contributed by atoms with Gasteiger partial charge in [-0.3, -0.25) is 19.7 Å². The average molecular weight is 424 g/mol. The van der Waals surface area contributed by atoms with Gasteiger partial charge in [0.25, 0.3) is 5.91 Å².